The second-order valence-electron chi connectivity index (χ2n) is 4.14. The van der Waals surface area contributed by atoms with Gasteiger partial charge in [-0.25, -0.2) is 0 Å². The quantitative estimate of drug-likeness (QED) is 0.846. The van der Waals surface area contributed by atoms with E-state index in [9.17, 15) is 0 Å². The van der Waals surface area contributed by atoms with Crippen LogP contribution in [0.25, 0.3) is 10.8 Å². The molecule has 0 fully saturated rings. The molecule has 2 nitrogen and oxygen atoms in total. The third-order valence-corrected chi connectivity index (χ3v) is 2.81. The minimum Gasteiger partial charge on any atom is -0.314 e. The molecule has 1 aromatic heterocycles. The second kappa shape index (κ2) is 5.08. The molecule has 16 heavy (non-hydrogen) atoms. The molecule has 0 aliphatic rings. The summed E-state index contributed by atoms with van der Waals surface area (Å²) >= 11 is 0. The van der Waals surface area contributed by atoms with Crippen LogP contribution in [0.5, 0.6) is 0 Å². The Balaban J connectivity index is 2.30. The summed E-state index contributed by atoms with van der Waals surface area (Å²) in [7, 11) is 0. The molecule has 84 valence electrons. The van der Waals surface area contributed by atoms with Crippen LogP contribution in [0.15, 0.2) is 36.5 Å². The number of hydrogen-bond acceptors (Lipinski definition) is 2. The lowest BCUT2D eigenvalue weighted by Gasteiger charge is -2.12. The van der Waals surface area contributed by atoms with E-state index < -0.39 is 0 Å². The van der Waals surface area contributed by atoms with Crippen molar-refractivity contribution < 1.29 is 0 Å². The SMILES string of the molecule is CCNC(C)Cc1nccc2ccccc12. The number of nitrogens with one attached hydrogen (secondary N) is 1. The summed E-state index contributed by atoms with van der Waals surface area (Å²) in [5, 5.41) is 5.97. The molecule has 0 saturated heterocycles. The molecule has 2 aromatic rings. The van der Waals surface area contributed by atoms with Crippen molar-refractivity contribution in [3.8, 4) is 0 Å². The molecular weight excluding hydrogens is 196 g/mol. The highest BCUT2D eigenvalue weighted by molar-refractivity contribution is 5.84. The Morgan fingerprint density at radius 3 is 2.88 bits per heavy atom. The van der Waals surface area contributed by atoms with Gasteiger partial charge in [0.1, 0.15) is 0 Å². The van der Waals surface area contributed by atoms with Crippen molar-refractivity contribution in [1.29, 1.82) is 0 Å². The topological polar surface area (TPSA) is 24.9 Å². The second-order valence-corrected chi connectivity index (χ2v) is 4.14. The molecule has 0 bridgehead atoms. The van der Waals surface area contributed by atoms with E-state index in [-0.39, 0.29) is 0 Å². The van der Waals surface area contributed by atoms with E-state index in [4.69, 9.17) is 0 Å². The van der Waals surface area contributed by atoms with Crippen LogP contribution in [-0.2, 0) is 6.42 Å². The monoisotopic (exact) mass is 214 g/mol. The zero-order chi connectivity index (χ0) is 11.4. The molecule has 0 aliphatic carbocycles. The van der Waals surface area contributed by atoms with Gasteiger partial charge in [-0.1, -0.05) is 31.2 Å². The van der Waals surface area contributed by atoms with Crippen molar-refractivity contribution in [2.75, 3.05) is 6.54 Å². The number of nitrogens with zero attached hydrogens (tertiary/aromatic N) is 1. The molecule has 1 unspecified atom stereocenters. The lowest BCUT2D eigenvalue weighted by atomic mass is 10.1. The summed E-state index contributed by atoms with van der Waals surface area (Å²) < 4.78 is 0. The van der Waals surface area contributed by atoms with Crippen LogP contribution in [0, 0.1) is 0 Å². The fourth-order valence-electron chi connectivity index (χ4n) is 2.06. The largest absolute Gasteiger partial charge is 0.314 e. The van der Waals surface area contributed by atoms with Crippen LogP contribution in [0.4, 0.5) is 0 Å². The fraction of sp³-hybridized carbons (Fsp3) is 0.357. The Morgan fingerprint density at radius 1 is 1.25 bits per heavy atom. The van der Waals surface area contributed by atoms with Gasteiger partial charge in [0.25, 0.3) is 0 Å². The molecule has 0 radical (unpaired) electrons. The lowest BCUT2D eigenvalue weighted by molar-refractivity contribution is 0.561. The van der Waals surface area contributed by atoms with Crippen molar-refractivity contribution in [2.45, 2.75) is 26.3 Å². The van der Waals surface area contributed by atoms with Gasteiger partial charge in [-0.15, -0.1) is 0 Å². The molecule has 1 heterocycles. The predicted octanol–water partition coefficient (Wildman–Crippen LogP) is 2.78. The highest BCUT2D eigenvalue weighted by Crippen LogP contribution is 2.17. The molecule has 0 aliphatic heterocycles. The molecule has 0 saturated carbocycles. The number of benzene rings is 1. The van der Waals surface area contributed by atoms with Gasteiger partial charge in [0.2, 0.25) is 0 Å². The molecule has 1 atom stereocenters. The van der Waals surface area contributed by atoms with E-state index in [0.717, 1.165) is 13.0 Å². The van der Waals surface area contributed by atoms with Gasteiger partial charge in [0.15, 0.2) is 0 Å². The van der Waals surface area contributed by atoms with Gasteiger partial charge >= 0.3 is 0 Å². The first-order valence-electron chi connectivity index (χ1n) is 5.87. The van der Waals surface area contributed by atoms with Gasteiger partial charge in [0.05, 0.1) is 0 Å². The summed E-state index contributed by atoms with van der Waals surface area (Å²) in [5.41, 5.74) is 1.19. The molecular formula is C14H18N2. The maximum Gasteiger partial charge on any atom is 0.0497 e. The average Bonchev–Trinajstić information content (AvgIpc) is 2.30. The van der Waals surface area contributed by atoms with Crippen molar-refractivity contribution in [1.82, 2.24) is 10.3 Å². The number of fused-ring (bicyclic) bond motifs is 1. The minimum atomic E-state index is 0.475. The van der Waals surface area contributed by atoms with Crippen molar-refractivity contribution in [3.05, 3.63) is 42.2 Å². The van der Waals surface area contributed by atoms with Crippen LogP contribution < -0.4 is 5.32 Å². The number of aromatic nitrogens is 1. The first-order chi connectivity index (χ1) is 7.81. The maximum absolute atomic E-state index is 4.49. The zero-order valence-electron chi connectivity index (χ0n) is 9.90. The summed E-state index contributed by atoms with van der Waals surface area (Å²) in [4.78, 5) is 4.49. The Kier molecular flexibility index (Phi) is 3.52. The minimum absolute atomic E-state index is 0.475. The number of hydrogen-bond donors (Lipinski definition) is 1. The van der Waals surface area contributed by atoms with Crippen LogP contribution >= 0.6 is 0 Å². The molecule has 0 spiro atoms. The highest BCUT2D eigenvalue weighted by atomic mass is 14.9. The van der Waals surface area contributed by atoms with Crippen LogP contribution in [0.2, 0.25) is 0 Å². The van der Waals surface area contributed by atoms with Crippen LogP contribution in [0.3, 0.4) is 0 Å². The Morgan fingerprint density at radius 2 is 2.06 bits per heavy atom. The third-order valence-electron chi connectivity index (χ3n) is 2.81. The van der Waals surface area contributed by atoms with Crippen LogP contribution in [0.1, 0.15) is 19.5 Å². The van der Waals surface area contributed by atoms with Gasteiger partial charge in [0, 0.05) is 29.7 Å². The zero-order valence-corrected chi connectivity index (χ0v) is 9.90. The highest BCUT2D eigenvalue weighted by Gasteiger charge is 2.06. The van der Waals surface area contributed by atoms with Gasteiger partial charge < -0.3 is 5.32 Å². The number of likely N-dealkylation sites (N-methyl/N-ethyl adjacent to an activating group) is 1. The Hall–Kier alpha value is -1.41. The smallest absolute Gasteiger partial charge is 0.0497 e. The summed E-state index contributed by atoms with van der Waals surface area (Å²) in [6, 6.07) is 11.0. The maximum atomic E-state index is 4.49. The van der Waals surface area contributed by atoms with E-state index >= 15 is 0 Å². The Bertz CT molecular complexity index is 460. The molecule has 1 aromatic carbocycles. The van der Waals surface area contributed by atoms with E-state index in [1.807, 2.05) is 6.20 Å². The first kappa shape index (κ1) is 11.1. The molecule has 2 heteroatoms. The van der Waals surface area contributed by atoms with E-state index in [2.05, 4.69) is 54.5 Å². The van der Waals surface area contributed by atoms with E-state index in [1.165, 1.54) is 16.5 Å². The average molecular weight is 214 g/mol. The van der Waals surface area contributed by atoms with Gasteiger partial charge in [-0.2, -0.15) is 0 Å². The third kappa shape index (κ3) is 2.39. The van der Waals surface area contributed by atoms with E-state index in [0.29, 0.717) is 6.04 Å². The first-order valence-corrected chi connectivity index (χ1v) is 5.87. The van der Waals surface area contributed by atoms with Gasteiger partial charge in [-0.3, -0.25) is 4.98 Å². The van der Waals surface area contributed by atoms with E-state index in [1.54, 1.807) is 0 Å². The molecule has 2 rings (SSSR count). The predicted molar refractivity (Wildman–Crippen MR) is 68.6 cm³/mol. The standard InChI is InChI=1S/C14H18N2/c1-3-15-11(2)10-14-13-7-5-4-6-12(13)8-9-16-14/h4-9,11,15H,3,10H2,1-2H3. The summed E-state index contributed by atoms with van der Waals surface area (Å²) in [6.45, 7) is 5.34. The van der Waals surface area contributed by atoms with Gasteiger partial charge in [-0.05, 0) is 24.9 Å². The Labute approximate surface area is 96.7 Å². The number of pyridine rings is 1. The molecule has 1 N–H and O–H groups in total. The van der Waals surface area contributed by atoms with Crippen molar-refractivity contribution >= 4 is 10.8 Å². The van der Waals surface area contributed by atoms with Crippen molar-refractivity contribution in [2.24, 2.45) is 0 Å². The van der Waals surface area contributed by atoms with Crippen LogP contribution in [-0.4, -0.2) is 17.6 Å². The summed E-state index contributed by atoms with van der Waals surface area (Å²) in [6.07, 6.45) is 2.88. The summed E-state index contributed by atoms with van der Waals surface area (Å²) in [5.74, 6) is 0. The normalized spacial score (nSPS) is 12.9. The molecule has 0 amide bonds. The number of rotatable bonds is 4. The fourth-order valence-corrected chi connectivity index (χ4v) is 2.06. The lowest BCUT2D eigenvalue weighted by Crippen LogP contribution is -2.27. The van der Waals surface area contributed by atoms with Crippen molar-refractivity contribution in [3.63, 3.8) is 0 Å².